The molecule has 1 atom stereocenters. The molecule has 6 nitrogen and oxygen atoms in total. The van der Waals surface area contributed by atoms with Crippen molar-refractivity contribution in [3.8, 4) is 0 Å². The van der Waals surface area contributed by atoms with E-state index in [2.05, 4.69) is 25.5 Å². The second-order valence-electron chi connectivity index (χ2n) is 4.47. The number of aromatic nitrogens is 4. The van der Waals surface area contributed by atoms with E-state index < -0.39 is 5.82 Å². The molecule has 1 aliphatic rings. The fourth-order valence-electron chi connectivity index (χ4n) is 2.07. The van der Waals surface area contributed by atoms with E-state index in [1.807, 2.05) is 0 Å². The molecule has 1 aliphatic heterocycles. The molecule has 8 heteroatoms. The lowest BCUT2D eigenvalue weighted by Crippen LogP contribution is -2.04. The SMILES string of the molecule is Fc1cncc(Cl)c1NCc1nc(C2CCCO2)n[nH]1. The molecule has 1 saturated heterocycles. The highest BCUT2D eigenvalue weighted by Crippen LogP contribution is 2.26. The molecule has 0 amide bonds. The van der Waals surface area contributed by atoms with Crippen LogP contribution in [0.3, 0.4) is 0 Å². The first-order chi connectivity index (χ1) is 9.74. The molecule has 0 aromatic carbocycles. The van der Waals surface area contributed by atoms with Crippen LogP contribution >= 0.6 is 11.6 Å². The van der Waals surface area contributed by atoms with Crippen LogP contribution < -0.4 is 5.32 Å². The molecule has 0 bridgehead atoms. The third-order valence-electron chi connectivity index (χ3n) is 3.05. The van der Waals surface area contributed by atoms with Crippen molar-refractivity contribution in [1.29, 1.82) is 0 Å². The summed E-state index contributed by atoms with van der Waals surface area (Å²) in [6.45, 7) is 1.03. The van der Waals surface area contributed by atoms with Crippen LogP contribution in [0.15, 0.2) is 12.4 Å². The molecule has 0 spiro atoms. The summed E-state index contributed by atoms with van der Waals surface area (Å²) < 4.78 is 19.0. The van der Waals surface area contributed by atoms with E-state index in [4.69, 9.17) is 16.3 Å². The molecule has 1 unspecified atom stereocenters. The number of hydrogen-bond acceptors (Lipinski definition) is 5. The Labute approximate surface area is 119 Å². The van der Waals surface area contributed by atoms with E-state index in [1.54, 1.807) is 0 Å². The van der Waals surface area contributed by atoms with Gasteiger partial charge in [-0.3, -0.25) is 10.1 Å². The molecule has 0 saturated carbocycles. The van der Waals surface area contributed by atoms with E-state index in [1.165, 1.54) is 6.20 Å². The van der Waals surface area contributed by atoms with E-state index in [0.29, 0.717) is 18.2 Å². The summed E-state index contributed by atoms with van der Waals surface area (Å²) in [6.07, 6.45) is 4.39. The fourth-order valence-corrected chi connectivity index (χ4v) is 2.28. The molecule has 2 aromatic rings. The minimum atomic E-state index is -0.503. The number of pyridine rings is 1. The van der Waals surface area contributed by atoms with Gasteiger partial charge in [0.15, 0.2) is 11.6 Å². The highest BCUT2D eigenvalue weighted by Gasteiger charge is 2.21. The monoisotopic (exact) mass is 297 g/mol. The van der Waals surface area contributed by atoms with Crippen LogP contribution in [0.25, 0.3) is 0 Å². The Hall–Kier alpha value is -1.73. The molecular weight excluding hydrogens is 285 g/mol. The number of ether oxygens (including phenoxy) is 1. The lowest BCUT2D eigenvalue weighted by atomic mass is 10.2. The van der Waals surface area contributed by atoms with Crippen LogP contribution in [0.5, 0.6) is 0 Å². The van der Waals surface area contributed by atoms with Crippen molar-refractivity contribution in [1.82, 2.24) is 20.2 Å². The Balaban J connectivity index is 1.66. The zero-order chi connectivity index (χ0) is 13.9. The van der Waals surface area contributed by atoms with Crippen molar-refractivity contribution >= 4 is 17.3 Å². The summed E-state index contributed by atoms with van der Waals surface area (Å²) in [5.74, 6) is 0.736. The highest BCUT2D eigenvalue weighted by atomic mass is 35.5. The predicted octanol–water partition coefficient (Wildman–Crippen LogP) is 2.46. The van der Waals surface area contributed by atoms with Gasteiger partial charge in [-0.2, -0.15) is 5.10 Å². The van der Waals surface area contributed by atoms with E-state index in [0.717, 1.165) is 25.6 Å². The van der Waals surface area contributed by atoms with Crippen molar-refractivity contribution in [2.24, 2.45) is 0 Å². The number of nitrogens with one attached hydrogen (secondary N) is 2. The average Bonchev–Trinajstić information content (AvgIpc) is 3.09. The number of anilines is 1. The predicted molar refractivity (Wildman–Crippen MR) is 70.8 cm³/mol. The van der Waals surface area contributed by atoms with Gasteiger partial charge in [-0.15, -0.1) is 0 Å². The second kappa shape index (κ2) is 5.72. The smallest absolute Gasteiger partial charge is 0.179 e. The van der Waals surface area contributed by atoms with Crippen LogP contribution in [0.1, 0.15) is 30.6 Å². The summed E-state index contributed by atoms with van der Waals surface area (Å²) in [7, 11) is 0. The minimum absolute atomic E-state index is 0.0405. The van der Waals surface area contributed by atoms with Gasteiger partial charge in [0.1, 0.15) is 11.9 Å². The zero-order valence-electron chi connectivity index (χ0n) is 10.6. The summed E-state index contributed by atoms with van der Waals surface area (Å²) in [4.78, 5) is 7.99. The van der Waals surface area contributed by atoms with Gasteiger partial charge in [0, 0.05) is 12.8 Å². The minimum Gasteiger partial charge on any atom is -0.374 e. The van der Waals surface area contributed by atoms with Gasteiger partial charge in [0.05, 0.1) is 23.5 Å². The van der Waals surface area contributed by atoms with Crippen molar-refractivity contribution < 1.29 is 9.13 Å². The number of rotatable bonds is 4. The normalized spacial score (nSPS) is 18.4. The quantitative estimate of drug-likeness (QED) is 0.906. The van der Waals surface area contributed by atoms with Crippen molar-refractivity contribution in [3.05, 3.63) is 34.9 Å². The Morgan fingerprint density at radius 2 is 2.40 bits per heavy atom. The van der Waals surface area contributed by atoms with Crippen LogP contribution in [0.4, 0.5) is 10.1 Å². The van der Waals surface area contributed by atoms with Gasteiger partial charge in [-0.05, 0) is 12.8 Å². The first-order valence-corrected chi connectivity index (χ1v) is 6.67. The molecule has 2 aromatic heterocycles. The molecule has 3 rings (SSSR count). The van der Waals surface area contributed by atoms with Crippen LogP contribution in [0.2, 0.25) is 5.02 Å². The maximum atomic E-state index is 13.5. The summed E-state index contributed by atoms with van der Waals surface area (Å²) in [5, 5.41) is 10.0. The summed E-state index contributed by atoms with van der Waals surface area (Å²) >= 11 is 5.87. The van der Waals surface area contributed by atoms with Crippen molar-refractivity contribution in [2.45, 2.75) is 25.5 Å². The standard InChI is InChI=1S/C12H13ClFN5O/c13-7-4-15-5-8(14)11(7)16-6-10-17-12(19-18-10)9-2-1-3-20-9/h4-5,9H,1-3,6H2,(H,15,16)(H,17,18,19). The Morgan fingerprint density at radius 3 is 3.15 bits per heavy atom. The van der Waals surface area contributed by atoms with Gasteiger partial charge >= 0.3 is 0 Å². The third-order valence-corrected chi connectivity index (χ3v) is 3.34. The Bertz CT molecular complexity index is 579. The molecule has 106 valence electrons. The van der Waals surface area contributed by atoms with Gasteiger partial charge in [0.2, 0.25) is 0 Å². The lowest BCUT2D eigenvalue weighted by molar-refractivity contribution is 0.105. The number of aromatic amines is 1. The number of hydrogen-bond donors (Lipinski definition) is 2. The maximum absolute atomic E-state index is 13.5. The molecule has 3 heterocycles. The fraction of sp³-hybridized carbons (Fsp3) is 0.417. The molecule has 2 N–H and O–H groups in total. The van der Waals surface area contributed by atoms with E-state index in [9.17, 15) is 4.39 Å². The first-order valence-electron chi connectivity index (χ1n) is 6.29. The highest BCUT2D eigenvalue weighted by molar-refractivity contribution is 6.33. The molecule has 0 aliphatic carbocycles. The second-order valence-corrected chi connectivity index (χ2v) is 4.88. The molecular formula is C12H13ClFN5O. The first kappa shape index (κ1) is 13.3. The van der Waals surface area contributed by atoms with Crippen molar-refractivity contribution in [2.75, 3.05) is 11.9 Å². The maximum Gasteiger partial charge on any atom is 0.179 e. The number of H-pyrrole nitrogens is 1. The average molecular weight is 298 g/mol. The summed E-state index contributed by atoms with van der Waals surface area (Å²) in [6, 6.07) is 0. The number of halogens is 2. The molecule has 20 heavy (non-hydrogen) atoms. The molecule has 0 radical (unpaired) electrons. The van der Waals surface area contributed by atoms with Crippen LogP contribution in [-0.4, -0.2) is 26.8 Å². The zero-order valence-corrected chi connectivity index (χ0v) is 11.3. The Kier molecular flexibility index (Phi) is 3.79. The van der Waals surface area contributed by atoms with Crippen LogP contribution in [0, 0.1) is 5.82 Å². The topological polar surface area (TPSA) is 75.7 Å². The summed E-state index contributed by atoms with van der Waals surface area (Å²) in [5.41, 5.74) is 0.205. The van der Waals surface area contributed by atoms with Crippen LogP contribution in [-0.2, 0) is 11.3 Å². The van der Waals surface area contributed by atoms with Crippen molar-refractivity contribution in [3.63, 3.8) is 0 Å². The largest absolute Gasteiger partial charge is 0.374 e. The molecule has 1 fully saturated rings. The lowest BCUT2D eigenvalue weighted by Gasteiger charge is -2.06. The van der Waals surface area contributed by atoms with Gasteiger partial charge in [0.25, 0.3) is 0 Å². The van der Waals surface area contributed by atoms with Gasteiger partial charge in [-0.25, -0.2) is 9.37 Å². The number of nitrogens with zero attached hydrogens (tertiary/aromatic N) is 3. The third kappa shape index (κ3) is 2.73. The van der Waals surface area contributed by atoms with Gasteiger partial charge < -0.3 is 10.1 Å². The van der Waals surface area contributed by atoms with E-state index >= 15 is 0 Å². The Morgan fingerprint density at radius 1 is 1.50 bits per heavy atom. The van der Waals surface area contributed by atoms with Gasteiger partial charge in [-0.1, -0.05) is 11.6 Å². The van der Waals surface area contributed by atoms with E-state index in [-0.39, 0.29) is 16.8 Å².